The van der Waals surface area contributed by atoms with Crippen LogP contribution in [0.15, 0.2) is 12.1 Å². The summed E-state index contributed by atoms with van der Waals surface area (Å²) in [5, 5.41) is 0. The molecule has 0 atom stereocenters. The Kier molecular flexibility index (Phi) is 2.75. The topological polar surface area (TPSA) is 9.23 Å². The highest BCUT2D eigenvalue weighted by Crippen LogP contribution is 2.23. The van der Waals surface area contributed by atoms with Crippen molar-refractivity contribution >= 4 is 0 Å². The Labute approximate surface area is 71.9 Å². The van der Waals surface area contributed by atoms with Gasteiger partial charge in [0.05, 0.1) is 0 Å². The van der Waals surface area contributed by atoms with E-state index in [1.807, 2.05) is 0 Å². The Morgan fingerprint density at radius 1 is 1.23 bits per heavy atom. The van der Waals surface area contributed by atoms with Gasteiger partial charge in [0, 0.05) is 17.7 Å². The standard InChI is InChI=1S/C8H6F4O/c1-4-6(10)2-5(9)3-7(4)13-8(11)12/h2-3,8H,1H3. The van der Waals surface area contributed by atoms with Gasteiger partial charge in [-0.25, -0.2) is 8.78 Å². The lowest BCUT2D eigenvalue weighted by atomic mass is 10.2. The second-order valence-electron chi connectivity index (χ2n) is 2.39. The number of rotatable bonds is 2. The van der Waals surface area contributed by atoms with E-state index in [1.165, 1.54) is 6.92 Å². The Morgan fingerprint density at radius 2 is 1.85 bits per heavy atom. The maximum atomic E-state index is 12.7. The Bertz CT molecular complexity index is 311. The lowest BCUT2D eigenvalue weighted by Crippen LogP contribution is -2.04. The van der Waals surface area contributed by atoms with Crippen molar-refractivity contribution in [2.24, 2.45) is 0 Å². The number of ether oxygens (including phenoxy) is 1. The van der Waals surface area contributed by atoms with Gasteiger partial charge >= 0.3 is 6.61 Å². The van der Waals surface area contributed by atoms with Gasteiger partial charge in [0.25, 0.3) is 0 Å². The van der Waals surface area contributed by atoms with Gasteiger partial charge in [-0.2, -0.15) is 8.78 Å². The van der Waals surface area contributed by atoms with Crippen LogP contribution in [0.25, 0.3) is 0 Å². The molecule has 0 bridgehead atoms. The number of halogens is 4. The molecule has 0 N–H and O–H groups in total. The molecule has 1 rings (SSSR count). The lowest BCUT2D eigenvalue weighted by molar-refractivity contribution is -0.0506. The third-order valence-electron chi connectivity index (χ3n) is 1.48. The maximum absolute atomic E-state index is 12.7. The minimum absolute atomic E-state index is 0.137. The summed E-state index contributed by atoms with van der Waals surface area (Å²) >= 11 is 0. The number of alkyl halides is 2. The SMILES string of the molecule is Cc1c(F)cc(F)cc1OC(F)F. The van der Waals surface area contributed by atoms with Gasteiger partial charge in [0.15, 0.2) is 0 Å². The molecule has 0 aliphatic rings. The van der Waals surface area contributed by atoms with Gasteiger partial charge in [0.2, 0.25) is 0 Å². The first-order chi connectivity index (χ1) is 6.00. The van der Waals surface area contributed by atoms with E-state index in [0.29, 0.717) is 12.1 Å². The smallest absolute Gasteiger partial charge is 0.387 e. The third-order valence-corrected chi connectivity index (χ3v) is 1.48. The second-order valence-corrected chi connectivity index (χ2v) is 2.39. The zero-order valence-electron chi connectivity index (χ0n) is 6.65. The zero-order chi connectivity index (χ0) is 10.0. The molecule has 0 saturated carbocycles. The van der Waals surface area contributed by atoms with Crippen LogP contribution in [0, 0.1) is 18.6 Å². The summed E-state index contributed by atoms with van der Waals surface area (Å²) in [5.41, 5.74) is -0.137. The highest BCUT2D eigenvalue weighted by molar-refractivity contribution is 5.34. The van der Waals surface area contributed by atoms with Gasteiger partial charge in [-0.15, -0.1) is 0 Å². The predicted octanol–water partition coefficient (Wildman–Crippen LogP) is 2.87. The molecule has 1 aromatic rings. The molecule has 0 unspecified atom stereocenters. The first kappa shape index (κ1) is 9.83. The second kappa shape index (κ2) is 3.64. The fourth-order valence-corrected chi connectivity index (χ4v) is 0.841. The predicted molar refractivity (Wildman–Crippen MR) is 37.7 cm³/mol. The summed E-state index contributed by atoms with van der Waals surface area (Å²) < 4.78 is 52.5. The molecule has 13 heavy (non-hydrogen) atoms. The molecule has 1 nitrogen and oxygen atoms in total. The van der Waals surface area contributed by atoms with Gasteiger partial charge in [0.1, 0.15) is 17.4 Å². The summed E-state index contributed by atoms with van der Waals surface area (Å²) in [4.78, 5) is 0. The van der Waals surface area contributed by atoms with E-state index in [2.05, 4.69) is 4.74 Å². The van der Waals surface area contributed by atoms with Crippen molar-refractivity contribution in [3.05, 3.63) is 29.3 Å². The van der Waals surface area contributed by atoms with Gasteiger partial charge < -0.3 is 4.74 Å². The van der Waals surface area contributed by atoms with Gasteiger partial charge in [-0.05, 0) is 6.92 Å². The van der Waals surface area contributed by atoms with E-state index in [1.54, 1.807) is 0 Å². The van der Waals surface area contributed by atoms with E-state index in [9.17, 15) is 17.6 Å². The zero-order valence-corrected chi connectivity index (χ0v) is 6.65. The Balaban J connectivity index is 3.05. The molecule has 72 valence electrons. The molecule has 0 heterocycles. The van der Waals surface area contributed by atoms with Crippen LogP contribution in [0.4, 0.5) is 17.6 Å². The minimum atomic E-state index is -3.08. The molecular formula is C8H6F4O. The normalized spacial score (nSPS) is 10.6. The van der Waals surface area contributed by atoms with Crippen LogP contribution in [0.5, 0.6) is 5.75 Å². The molecule has 0 fully saturated rings. The molecule has 5 heteroatoms. The van der Waals surface area contributed by atoms with Crippen molar-refractivity contribution in [3.8, 4) is 5.75 Å². The van der Waals surface area contributed by atoms with Crippen LogP contribution in [0.2, 0.25) is 0 Å². The van der Waals surface area contributed by atoms with Gasteiger partial charge in [-0.1, -0.05) is 0 Å². The van der Waals surface area contributed by atoms with E-state index in [0.717, 1.165) is 0 Å². The van der Waals surface area contributed by atoms with E-state index in [-0.39, 0.29) is 5.56 Å². The maximum Gasteiger partial charge on any atom is 0.387 e. The molecule has 0 aliphatic heterocycles. The first-order valence-corrected chi connectivity index (χ1v) is 3.41. The molecule has 0 amide bonds. The summed E-state index contributed by atoms with van der Waals surface area (Å²) in [5.74, 6) is -2.33. The summed E-state index contributed by atoms with van der Waals surface area (Å²) in [6.07, 6.45) is 0. The Hall–Kier alpha value is -1.26. The minimum Gasteiger partial charge on any atom is -0.434 e. The largest absolute Gasteiger partial charge is 0.434 e. The molecule has 1 aromatic carbocycles. The van der Waals surface area contributed by atoms with E-state index >= 15 is 0 Å². The van der Waals surface area contributed by atoms with Crippen LogP contribution in [0.3, 0.4) is 0 Å². The number of hydrogen-bond acceptors (Lipinski definition) is 1. The fourth-order valence-electron chi connectivity index (χ4n) is 0.841. The van der Waals surface area contributed by atoms with Crippen molar-refractivity contribution in [3.63, 3.8) is 0 Å². The van der Waals surface area contributed by atoms with E-state index < -0.39 is 24.0 Å². The first-order valence-electron chi connectivity index (χ1n) is 3.41. The van der Waals surface area contributed by atoms with Gasteiger partial charge in [-0.3, -0.25) is 0 Å². The molecule has 0 radical (unpaired) electrons. The molecule has 0 saturated heterocycles. The van der Waals surface area contributed by atoms with E-state index in [4.69, 9.17) is 0 Å². The van der Waals surface area contributed by atoms with Crippen molar-refractivity contribution in [2.45, 2.75) is 13.5 Å². The molecule has 0 aliphatic carbocycles. The van der Waals surface area contributed by atoms with Crippen LogP contribution in [0.1, 0.15) is 5.56 Å². The summed E-state index contributed by atoms with van der Waals surface area (Å²) in [6.45, 7) is -1.85. The monoisotopic (exact) mass is 194 g/mol. The lowest BCUT2D eigenvalue weighted by Gasteiger charge is -2.07. The highest BCUT2D eigenvalue weighted by atomic mass is 19.3. The van der Waals surface area contributed by atoms with Crippen molar-refractivity contribution in [1.82, 2.24) is 0 Å². The summed E-state index contributed by atoms with van der Waals surface area (Å²) in [7, 11) is 0. The van der Waals surface area contributed by atoms with Crippen LogP contribution in [-0.2, 0) is 0 Å². The average molecular weight is 194 g/mol. The number of hydrogen-bond donors (Lipinski definition) is 0. The third kappa shape index (κ3) is 2.34. The van der Waals surface area contributed by atoms with Crippen LogP contribution in [-0.4, -0.2) is 6.61 Å². The fraction of sp³-hybridized carbons (Fsp3) is 0.250. The highest BCUT2D eigenvalue weighted by Gasteiger charge is 2.12. The number of benzene rings is 1. The van der Waals surface area contributed by atoms with Crippen molar-refractivity contribution in [2.75, 3.05) is 0 Å². The molecular weight excluding hydrogens is 188 g/mol. The quantitative estimate of drug-likeness (QED) is 0.657. The van der Waals surface area contributed by atoms with Crippen molar-refractivity contribution in [1.29, 1.82) is 0 Å². The summed E-state index contributed by atoms with van der Waals surface area (Å²) in [6, 6.07) is 1.32. The van der Waals surface area contributed by atoms with Crippen LogP contribution >= 0.6 is 0 Å². The van der Waals surface area contributed by atoms with Crippen molar-refractivity contribution < 1.29 is 22.3 Å². The molecule has 0 aromatic heterocycles. The average Bonchev–Trinajstić information content (AvgIpc) is 1.98. The Morgan fingerprint density at radius 3 is 2.38 bits per heavy atom. The van der Waals surface area contributed by atoms with Crippen LogP contribution < -0.4 is 4.74 Å². The molecule has 0 spiro atoms.